The number of carbonyl (C=O) groups is 1. The highest BCUT2D eigenvalue weighted by atomic mass is 35.5. The van der Waals surface area contributed by atoms with E-state index in [1.165, 1.54) is 22.5 Å². The summed E-state index contributed by atoms with van der Waals surface area (Å²) in [5.41, 5.74) is 5.17. The second-order valence-corrected chi connectivity index (χ2v) is 7.75. The molecule has 0 spiro atoms. The van der Waals surface area contributed by atoms with Crippen molar-refractivity contribution in [1.82, 2.24) is 9.62 Å². The molecule has 116 valence electrons. The van der Waals surface area contributed by atoms with Crippen molar-refractivity contribution in [1.29, 1.82) is 0 Å². The predicted octanol–water partition coefficient (Wildman–Crippen LogP) is 1.07. The highest BCUT2D eigenvalue weighted by Gasteiger charge is 2.44. The quantitative estimate of drug-likeness (QED) is 0.810. The molecule has 8 heteroatoms. The molecule has 6 nitrogen and oxygen atoms in total. The number of carbonyl (C=O) groups excluding carboxylic acids is 1. The van der Waals surface area contributed by atoms with Gasteiger partial charge in [-0.05, 0) is 31.5 Å². The zero-order valence-electron chi connectivity index (χ0n) is 11.9. The first kappa shape index (κ1) is 16.1. The summed E-state index contributed by atoms with van der Waals surface area (Å²) in [5.74, 6) is -0.167. The molecule has 2 rings (SSSR count). The first-order chi connectivity index (χ1) is 9.70. The summed E-state index contributed by atoms with van der Waals surface area (Å²) in [5, 5.41) is 2.88. The lowest BCUT2D eigenvalue weighted by molar-refractivity contribution is -0.128. The van der Waals surface area contributed by atoms with Crippen LogP contribution in [-0.4, -0.2) is 38.8 Å². The van der Waals surface area contributed by atoms with E-state index in [0.29, 0.717) is 11.4 Å². The van der Waals surface area contributed by atoms with Crippen LogP contribution in [0.3, 0.4) is 0 Å². The molecule has 0 aliphatic carbocycles. The van der Waals surface area contributed by atoms with Crippen LogP contribution in [0.4, 0.5) is 5.69 Å². The average Bonchev–Trinajstić information content (AvgIpc) is 2.85. The van der Waals surface area contributed by atoms with Gasteiger partial charge in [0, 0.05) is 25.2 Å². The van der Waals surface area contributed by atoms with E-state index in [1.54, 1.807) is 14.0 Å². The Morgan fingerprint density at radius 1 is 1.48 bits per heavy atom. The first-order valence-electron chi connectivity index (χ1n) is 6.48. The van der Waals surface area contributed by atoms with Crippen molar-refractivity contribution in [3.8, 4) is 0 Å². The van der Waals surface area contributed by atoms with Gasteiger partial charge in [0.05, 0.1) is 11.1 Å². The second-order valence-electron chi connectivity index (χ2n) is 5.41. The number of hydrogen-bond donors (Lipinski definition) is 2. The number of nitrogen functional groups attached to an aromatic ring is 1. The summed E-state index contributed by atoms with van der Waals surface area (Å²) < 4.78 is 26.6. The third kappa shape index (κ3) is 2.86. The van der Waals surface area contributed by atoms with E-state index in [-0.39, 0.29) is 29.6 Å². The number of nitrogens with zero attached hydrogens (tertiary/aromatic N) is 1. The molecule has 1 aliphatic heterocycles. The molecule has 3 N–H and O–H groups in total. The number of benzene rings is 1. The van der Waals surface area contributed by atoms with Crippen molar-refractivity contribution in [3.05, 3.63) is 23.2 Å². The Morgan fingerprint density at radius 2 is 2.14 bits per heavy atom. The molecule has 0 saturated carbocycles. The minimum absolute atomic E-state index is 0.0174. The maximum absolute atomic E-state index is 12.7. The van der Waals surface area contributed by atoms with Crippen molar-refractivity contribution < 1.29 is 13.2 Å². The van der Waals surface area contributed by atoms with Crippen LogP contribution in [0, 0.1) is 5.41 Å². The van der Waals surface area contributed by atoms with Gasteiger partial charge in [0.1, 0.15) is 4.90 Å². The monoisotopic (exact) mass is 331 g/mol. The Kier molecular flexibility index (Phi) is 4.19. The molecule has 1 aromatic rings. The van der Waals surface area contributed by atoms with Crippen LogP contribution in [0.15, 0.2) is 23.1 Å². The summed E-state index contributed by atoms with van der Waals surface area (Å²) in [4.78, 5) is 11.9. The Bertz CT molecular complexity index is 677. The lowest BCUT2D eigenvalue weighted by Crippen LogP contribution is -2.40. The van der Waals surface area contributed by atoms with Crippen LogP contribution < -0.4 is 11.1 Å². The Morgan fingerprint density at radius 3 is 2.76 bits per heavy atom. The fourth-order valence-corrected chi connectivity index (χ4v) is 4.43. The number of sulfonamides is 1. The third-order valence-corrected chi connectivity index (χ3v) is 5.94. The lowest BCUT2D eigenvalue weighted by atomic mass is 9.89. The minimum atomic E-state index is -3.76. The standard InChI is InChI=1S/C13H18ClN3O3S/c1-13(12(18)16-2)5-6-17(8-13)21(19,20)11-7-9(14)3-4-10(11)15/h3-4,7H,5-6,8,15H2,1-2H3,(H,16,18). The normalized spacial score (nSPS) is 23.2. The molecule has 1 aliphatic rings. The molecule has 1 unspecified atom stereocenters. The summed E-state index contributed by atoms with van der Waals surface area (Å²) in [6.45, 7) is 2.15. The molecule has 1 aromatic carbocycles. The molecule has 21 heavy (non-hydrogen) atoms. The Balaban J connectivity index is 2.34. The van der Waals surface area contributed by atoms with Crippen molar-refractivity contribution in [2.45, 2.75) is 18.2 Å². The summed E-state index contributed by atoms with van der Waals surface area (Å²) >= 11 is 5.86. The van der Waals surface area contributed by atoms with Crippen molar-refractivity contribution in [3.63, 3.8) is 0 Å². The maximum atomic E-state index is 12.7. The van der Waals surface area contributed by atoms with Gasteiger partial charge in [-0.2, -0.15) is 4.31 Å². The topological polar surface area (TPSA) is 92.5 Å². The van der Waals surface area contributed by atoms with E-state index in [0.717, 1.165) is 0 Å². The molecule has 1 saturated heterocycles. The van der Waals surface area contributed by atoms with E-state index in [4.69, 9.17) is 17.3 Å². The van der Waals surface area contributed by atoms with Crippen LogP contribution in [0.5, 0.6) is 0 Å². The van der Waals surface area contributed by atoms with E-state index in [2.05, 4.69) is 5.32 Å². The minimum Gasteiger partial charge on any atom is -0.398 e. The molecule has 1 amide bonds. The molecular weight excluding hydrogens is 314 g/mol. The molecule has 1 atom stereocenters. The van der Waals surface area contributed by atoms with E-state index in [1.807, 2.05) is 0 Å². The highest BCUT2D eigenvalue weighted by Crippen LogP contribution is 2.35. The van der Waals surface area contributed by atoms with Crippen molar-refractivity contribution in [2.24, 2.45) is 5.41 Å². The zero-order valence-corrected chi connectivity index (χ0v) is 13.5. The Hall–Kier alpha value is -1.31. The number of hydrogen-bond acceptors (Lipinski definition) is 4. The molecule has 0 radical (unpaired) electrons. The van der Waals surface area contributed by atoms with Crippen molar-refractivity contribution in [2.75, 3.05) is 25.9 Å². The molecule has 1 heterocycles. The zero-order chi connectivity index (χ0) is 15.8. The number of halogens is 1. The van der Waals surface area contributed by atoms with Gasteiger partial charge in [-0.25, -0.2) is 8.42 Å². The average molecular weight is 332 g/mol. The maximum Gasteiger partial charge on any atom is 0.245 e. The fraction of sp³-hybridized carbons (Fsp3) is 0.462. The van der Waals surface area contributed by atoms with E-state index in [9.17, 15) is 13.2 Å². The lowest BCUT2D eigenvalue weighted by Gasteiger charge is -2.23. The second kappa shape index (κ2) is 5.47. The number of amides is 1. The van der Waals surface area contributed by atoms with Gasteiger partial charge >= 0.3 is 0 Å². The van der Waals surface area contributed by atoms with Gasteiger partial charge in [0.2, 0.25) is 15.9 Å². The fourth-order valence-electron chi connectivity index (χ4n) is 2.48. The summed E-state index contributed by atoms with van der Waals surface area (Å²) in [7, 11) is -2.22. The predicted molar refractivity (Wildman–Crippen MR) is 81.4 cm³/mol. The number of nitrogens with one attached hydrogen (secondary N) is 1. The summed E-state index contributed by atoms with van der Waals surface area (Å²) in [6, 6.07) is 4.33. The molecule has 0 bridgehead atoms. The smallest absolute Gasteiger partial charge is 0.245 e. The third-order valence-electron chi connectivity index (χ3n) is 3.81. The van der Waals surface area contributed by atoms with E-state index >= 15 is 0 Å². The highest BCUT2D eigenvalue weighted by molar-refractivity contribution is 7.89. The van der Waals surface area contributed by atoms with Crippen LogP contribution in [0.2, 0.25) is 5.02 Å². The SMILES string of the molecule is CNC(=O)C1(C)CCN(S(=O)(=O)c2cc(Cl)ccc2N)C1. The number of rotatable bonds is 3. The van der Waals surface area contributed by atoms with Gasteiger partial charge in [0.15, 0.2) is 0 Å². The molecular formula is C13H18ClN3O3S. The van der Waals surface area contributed by atoms with Crippen LogP contribution in [0.25, 0.3) is 0 Å². The number of nitrogens with two attached hydrogens (primary N) is 1. The van der Waals surface area contributed by atoms with Crippen molar-refractivity contribution >= 4 is 33.2 Å². The summed E-state index contributed by atoms with van der Waals surface area (Å²) in [6.07, 6.45) is 0.465. The van der Waals surface area contributed by atoms with Gasteiger partial charge in [-0.1, -0.05) is 11.6 Å². The largest absolute Gasteiger partial charge is 0.398 e. The van der Waals surface area contributed by atoms with Gasteiger partial charge in [0.25, 0.3) is 0 Å². The Labute approximate surface area is 129 Å². The molecule has 1 fully saturated rings. The molecule has 0 aromatic heterocycles. The number of anilines is 1. The van der Waals surface area contributed by atoms with E-state index < -0.39 is 15.4 Å². The first-order valence-corrected chi connectivity index (χ1v) is 8.30. The van der Waals surface area contributed by atoms with Gasteiger partial charge in [-0.3, -0.25) is 4.79 Å². The van der Waals surface area contributed by atoms with Gasteiger partial charge < -0.3 is 11.1 Å². The van der Waals surface area contributed by atoms with Crippen LogP contribution in [0.1, 0.15) is 13.3 Å². The van der Waals surface area contributed by atoms with Gasteiger partial charge in [-0.15, -0.1) is 0 Å². The van der Waals surface area contributed by atoms with Crippen LogP contribution >= 0.6 is 11.6 Å². The van der Waals surface area contributed by atoms with Crippen LogP contribution in [-0.2, 0) is 14.8 Å².